The Balaban J connectivity index is 2.28. The maximum Gasteiger partial charge on any atom is 0.340 e. The van der Waals surface area contributed by atoms with E-state index in [-0.39, 0.29) is 6.04 Å². The van der Waals surface area contributed by atoms with E-state index < -0.39 is 5.97 Å². The normalized spacial score (nSPS) is 12.0. The quantitative estimate of drug-likeness (QED) is 0.665. The fourth-order valence-electron chi connectivity index (χ4n) is 2.17. The summed E-state index contributed by atoms with van der Waals surface area (Å²) in [5.41, 5.74) is 8.35. The average molecular weight is 288 g/mol. The summed E-state index contributed by atoms with van der Waals surface area (Å²) in [4.78, 5) is 11.7. The number of esters is 1. The summed E-state index contributed by atoms with van der Waals surface area (Å²) in [5, 5.41) is 3.30. The van der Waals surface area contributed by atoms with Gasteiger partial charge in [0.15, 0.2) is 0 Å². The molecule has 5 heteroatoms. The van der Waals surface area contributed by atoms with E-state index in [0.29, 0.717) is 11.3 Å². The summed E-state index contributed by atoms with van der Waals surface area (Å²) >= 11 is 0. The van der Waals surface area contributed by atoms with E-state index in [4.69, 9.17) is 14.9 Å². The predicted molar refractivity (Wildman–Crippen MR) is 82.4 cm³/mol. The van der Waals surface area contributed by atoms with Gasteiger partial charge in [0.25, 0.3) is 0 Å². The monoisotopic (exact) mass is 288 g/mol. The van der Waals surface area contributed by atoms with Gasteiger partial charge in [0.1, 0.15) is 11.5 Å². The zero-order chi connectivity index (χ0) is 15.6. The van der Waals surface area contributed by atoms with Crippen LogP contribution in [-0.2, 0) is 4.74 Å². The number of carbonyl (C=O) groups is 1. The Morgan fingerprint density at radius 3 is 2.62 bits per heavy atom. The molecule has 1 unspecified atom stereocenters. The van der Waals surface area contributed by atoms with Gasteiger partial charge in [0.05, 0.1) is 18.7 Å². The van der Waals surface area contributed by atoms with Crippen molar-refractivity contribution in [3.8, 4) is 0 Å². The number of furan rings is 1. The highest BCUT2D eigenvalue weighted by atomic mass is 16.5. The average Bonchev–Trinajstić information content (AvgIpc) is 2.88. The lowest BCUT2D eigenvalue weighted by Gasteiger charge is -2.16. The largest absolute Gasteiger partial charge is 0.465 e. The van der Waals surface area contributed by atoms with Gasteiger partial charge in [0.2, 0.25) is 0 Å². The molecule has 3 N–H and O–H groups in total. The molecule has 0 saturated heterocycles. The molecule has 1 aromatic heterocycles. The first kappa shape index (κ1) is 15.0. The van der Waals surface area contributed by atoms with Gasteiger partial charge < -0.3 is 20.2 Å². The summed E-state index contributed by atoms with van der Waals surface area (Å²) in [6.07, 6.45) is 0. The fraction of sp³-hybridized carbons (Fsp3) is 0.312. The highest BCUT2D eigenvalue weighted by molar-refractivity contribution is 5.97. The number of hydrogen-bond donors (Lipinski definition) is 2. The minimum Gasteiger partial charge on any atom is -0.465 e. The van der Waals surface area contributed by atoms with Gasteiger partial charge in [-0.2, -0.15) is 0 Å². The molecule has 2 rings (SSSR count). The number of carbonyl (C=O) groups excluding carboxylic acids is 1. The first-order chi connectivity index (χ1) is 9.92. The molecular formula is C16H20N2O3. The van der Waals surface area contributed by atoms with E-state index >= 15 is 0 Å². The number of nitrogen functional groups attached to an aromatic ring is 1. The lowest BCUT2D eigenvalue weighted by molar-refractivity contribution is 0.0602. The van der Waals surface area contributed by atoms with Crippen molar-refractivity contribution in [1.29, 1.82) is 0 Å². The van der Waals surface area contributed by atoms with Gasteiger partial charge in [-0.1, -0.05) is 0 Å². The van der Waals surface area contributed by atoms with E-state index in [1.807, 2.05) is 39.0 Å². The van der Waals surface area contributed by atoms with Crippen LogP contribution in [0.5, 0.6) is 0 Å². The molecule has 0 fully saturated rings. The third-order valence-corrected chi connectivity index (χ3v) is 3.36. The Labute approximate surface area is 124 Å². The van der Waals surface area contributed by atoms with E-state index in [1.165, 1.54) is 7.11 Å². The molecule has 0 amide bonds. The SMILES string of the molecule is COC(=O)c1cc(NC(C)c2ccc(C)o2)cc(C)c1N. The highest BCUT2D eigenvalue weighted by Crippen LogP contribution is 2.27. The van der Waals surface area contributed by atoms with E-state index in [2.05, 4.69) is 5.32 Å². The first-order valence-electron chi connectivity index (χ1n) is 6.73. The Morgan fingerprint density at radius 1 is 1.33 bits per heavy atom. The van der Waals surface area contributed by atoms with Crippen LogP contribution in [0.3, 0.4) is 0 Å². The molecule has 2 aromatic rings. The van der Waals surface area contributed by atoms with Crippen LogP contribution in [0.2, 0.25) is 0 Å². The molecule has 0 aliphatic heterocycles. The van der Waals surface area contributed by atoms with Gasteiger partial charge >= 0.3 is 5.97 Å². The zero-order valence-electron chi connectivity index (χ0n) is 12.7. The van der Waals surface area contributed by atoms with Gasteiger partial charge in [-0.15, -0.1) is 0 Å². The minimum atomic E-state index is -0.444. The van der Waals surface area contributed by atoms with Crippen molar-refractivity contribution in [3.63, 3.8) is 0 Å². The topological polar surface area (TPSA) is 77.5 Å². The molecule has 0 bridgehead atoms. The molecule has 0 radical (unpaired) electrons. The van der Waals surface area contributed by atoms with Gasteiger partial charge in [0, 0.05) is 11.4 Å². The number of methoxy groups -OCH3 is 1. The van der Waals surface area contributed by atoms with Crippen molar-refractivity contribution < 1.29 is 13.9 Å². The molecule has 0 aliphatic rings. The molecule has 112 valence electrons. The van der Waals surface area contributed by atoms with Gasteiger partial charge in [-0.05, 0) is 50.6 Å². The third-order valence-electron chi connectivity index (χ3n) is 3.36. The maximum absolute atomic E-state index is 11.7. The molecule has 0 aliphatic carbocycles. The molecule has 1 heterocycles. The lowest BCUT2D eigenvalue weighted by atomic mass is 10.1. The number of rotatable bonds is 4. The van der Waals surface area contributed by atoms with E-state index in [9.17, 15) is 4.79 Å². The molecule has 1 aromatic carbocycles. The van der Waals surface area contributed by atoms with Crippen LogP contribution >= 0.6 is 0 Å². The Morgan fingerprint density at radius 2 is 2.05 bits per heavy atom. The van der Waals surface area contributed by atoms with Crippen LogP contribution in [0.1, 0.15) is 40.4 Å². The van der Waals surface area contributed by atoms with Crippen LogP contribution in [0.25, 0.3) is 0 Å². The maximum atomic E-state index is 11.7. The molecule has 0 saturated carbocycles. The Hall–Kier alpha value is -2.43. The Kier molecular flexibility index (Phi) is 4.21. The predicted octanol–water partition coefficient (Wildman–Crippen LogP) is 3.44. The smallest absolute Gasteiger partial charge is 0.340 e. The number of ether oxygens (including phenoxy) is 1. The molecule has 1 atom stereocenters. The van der Waals surface area contributed by atoms with Crippen molar-refractivity contribution >= 4 is 17.3 Å². The van der Waals surface area contributed by atoms with Crippen LogP contribution in [0.15, 0.2) is 28.7 Å². The molecule has 5 nitrogen and oxygen atoms in total. The number of anilines is 2. The number of benzene rings is 1. The number of nitrogens with one attached hydrogen (secondary N) is 1. The van der Waals surface area contributed by atoms with Crippen molar-refractivity contribution in [2.45, 2.75) is 26.8 Å². The second kappa shape index (κ2) is 5.91. The molecule has 0 spiro atoms. The summed E-state index contributed by atoms with van der Waals surface area (Å²) in [6, 6.07) is 7.42. The third kappa shape index (κ3) is 3.18. The second-order valence-corrected chi connectivity index (χ2v) is 5.06. The van der Waals surface area contributed by atoms with E-state index in [0.717, 1.165) is 22.8 Å². The minimum absolute atomic E-state index is 0.0211. The standard InChI is InChI=1S/C16H20N2O3/c1-9-7-12(8-13(15(9)17)16(19)20-4)18-11(3)14-6-5-10(2)21-14/h5-8,11,18H,17H2,1-4H3. The molecular weight excluding hydrogens is 268 g/mol. The van der Waals surface area contributed by atoms with E-state index in [1.54, 1.807) is 6.07 Å². The van der Waals surface area contributed by atoms with Crippen molar-refractivity contribution in [2.75, 3.05) is 18.2 Å². The van der Waals surface area contributed by atoms with Crippen LogP contribution in [0, 0.1) is 13.8 Å². The van der Waals surface area contributed by atoms with Gasteiger partial charge in [-0.25, -0.2) is 4.79 Å². The molecule has 21 heavy (non-hydrogen) atoms. The second-order valence-electron chi connectivity index (χ2n) is 5.06. The van der Waals surface area contributed by atoms with Crippen LogP contribution < -0.4 is 11.1 Å². The highest BCUT2D eigenvalue weighted by Gasteiger charge is 2.15. The first-order valence-corrected chi connectivity index (χ1v) is 6.73. The number of nitrogens with two attached hydrogens (primary N) is 1. The van der Waals surface area contributed by atoms with Crippen LogP contribution in [-0.4, -0.2) is 13.1 Å². The summed E-state index contributed by atoms with van der Waals surface area (Å²) in [5.74, 6) is 1.25. The Bertz CT molecular complexity index is 662. The van der Waals surface area contributed by atoms with Crippen molar-refractivity contribution in [1.82, 2.24) is 0 Å². The lowest BCUT2D eigenvalue weighted by Crippen LogP contribution is -2.10. The number of hydrogen-bond acceptors (Lipinski definition) is 5. The fourth-order valence-corrected chi connectivity index (χ4v) is 2.17. The zero-order valence-corrected chi connectivity index (χ0v) is 12.7. The van der Waals surface area contributed by atoms with Crippen molar-refractivity contribution in [3.05, 3.63) is 46.9 Å². The van der Waals surface area contributed by atoms with Crippen molar-refractivity contribution in [2.24, 2.45) is 0 Å². The van der Waals surface area contributed by atoms with Gasteiger partial charge in [-0.3, -0.25) is 0 Å². The summed E-state index contributed by atoms with van der Waals surface area (Å²) < 4.78 is 10.3. The summed E-state index contributed by atoms with van der Waals surface area (Å²) in [6.45, 7) is 5.75. The van der Waals surface area contributed by atoms with Crippen LogP contribution in [0.4, 0.5) is 11.4 Å². The summed E-state index contributed by atoms with van der Waals surface area (Å²) in [7, 11) is 1.34. The number of aryl methyl sites for hydroxylation is 2.